The van der Waals surface area contributed by atoms with Crippen molar-refractivity contribution >= 4 is 11.9 Å². The zero-order valence-corrected chi connectivity index (χ0v) is 34.6. The van der Waals surface area contributed by atoms with Crippen molar-refractivity contribution in [3.63, 3.8) is 0 Å². The summed E-state index contributed by atoms with van der Waals surface area (Å²) in [6.45, 7) is 4.18. The molecule has 0 aliphatic carbocycles. The molecule has 1 atom stereocenters. The minimum Gasteiger partial charge on any atom is -0.462 e. The second-order valence-corrected chi connectivity index (χ2v) is 15.9. The summed E-state index contributed by atoms with van der Waals surface area (Å²) in [7, 11) is 0. The maximum absolute atomic E-state index is 12.2. The normalized spacial score (nSPS) is 12.0. The molecule has 0 aromatic rings. The van der Waals surface area contributed by atoms with Gasteiger partial charge in [0, 0.05) is 12.8 Å². The number of hydrogen-bond acceptors (Lipinski definition) is 5. The Hall–Kier alpha value is -1.10. The fraction of sp³-hybridized carbons (Fsp3) is 0.957. The molecule has 0 spiro atoms. The summed E-state index contributed by atoms with van der Waals surface area (Å²) in [6, 6.07) is 0. The van der Waals surface area contributed by atoms with Gasteiger partial charge < -0.3 is 14.6 Å². The molecule has 0 rings (SSSR count). The van der Waals surface area contributed by atoms with Crippen LogP contribution in [0.4, 0.5) is 0 Å². The smallest absolute Gasteiger partial charge is 0.306 e. The highest BCUT2D eigenvalue weighted by Gasteiger charge is 2.16. The quantitative estimate of drug-likeness (QED) is 0.0501. The second-order valence-electron chi connectivity index (χ2n) is 15.9. The summed E-state index contributed by atoms with van der Waals surface area (Å²) in [6.07, 6.45) is 49.0. The largest absolute Gasteiger partial charge is 0.462 e. The first-order chi connectivity index (χ1) is 25.1. The SMILES string of the molecule is CCCCCCCCCCCCCCCCCCCCCCCCCC(=O)OC(CO)COC(=O)CCCCCCCCCCCCCCCC. The van der Waals surface area contributed by atoms with Crippen molar-refractivity contribution in [3.05, 3.63) is 0 Å². The minimum atomic E-state index is -0.762. The summed E-state index contributed by atoms with van der Waals surface area (Å²) < 4.78 is 10.6. The molecule has 0 saturated carbocycles. The highest BCUT2D eigenvalue weighted by molar-refractivity contribution is 5.70. The Labute approximate surface area is 319 Å². The van der Waals surface area contributed by atoms with E-state index in [9.17, 15) is 14.7 Å². The van der Waals surface area contributed by atoms with E-state index in [1.165, 1.54) is 205 Å². The molecule has 0 fully saturated rings. The molecule has 0 aromatic heterocycles. The molecular formula is C46H90O5. The Bertz CT molecular complexity index is 695. The summed E-state index contributed by atoms with van der Waals surface area (Å²) in [5.41, 5.74) is 0. The van der Waals surface area contributed by atoms with E-state index < -0.39 is 6.10 Å². The molecule has 0 aliphatic rings. The van der Waals surface area contributed by atoms with Crippen molar-refractivity contribution in [2.45, 2.75) is 270 Å². The first kappa shape index (κ1) is 49.9. The maximum Gasteiger partial charge on any atom is 0.306 e. The first-order valence-corrected chi connectivity index (χ1v) is 23.1. The molecule has 0 aliphatic heterocycles. The molecule has 0 radical (unpaired) electrons. The van der Waals surface area contributed by atoms with E-state index in [1.54, 1.807) is 0 Å². The highest BCUT2D eigenvalue weighted by Crippen LogP contribution is 2.17. The Kier molecular flexibility index (Phi) is 42.4. The summed E-state index contributed by atoms with van der Waals surface area (Å²) in [5, 5.41) is 9.58. The van der Waals surface area contributed by atoms with Crippen molar-refractivity contribution in [2.75, 3.05) is 13.2 Å². The molecule has 1 N–H and O–H groups in total. The van der Waals surface area contributed by atoms with Crippen LogP contribution in [0.2, 0.25) is 0 Å². The van der Waals surface area contributed by atoms with Gasteiger partial charge in [0.1, 0.15) is 6.61 Å². The van der Waals surface area contributed by atoms with Gasteiger partial charge in [0.2, 0.25) is 0 Å². The summed E-state index contributed by atoms with van der Waals surface area (Å²) >= 11 is 0. The first-order valence-electron chi connectivity index (χ1n) is 23.1. The van der Waals surface area contributed by atoms with E-state index in [0.29, 0.717) is 12.8 Å². The van der Waals surface area contributed by atoms with E-state index in [-0.39, 0.29) is 25.2 Å². The molecule has 1 unspecified atom stereocenters. The third kappa shape index (κ3) is 41.5. The number of aliphatic hydroxyl groups excluding tert-OH is 1. The van der Waals surface area contributed by atoms with Gasteiger partial charge in [0.05, 0.1) is 6.61 Å². The lowest BCUT2D eigenvalue weighted by Gasteiger charge is -2.15. The lowest BCUT2D eigenvalue weighted by atomic mass is 10.0. The number of aliphatic hydroxyl groups is 1. The van der Waals surface area contributed by atoms with Gasteiger partial charge in [-0.15, -0.1) is 0 Å². The summed E-state index contributed by atoms with van der Waals surface area (Å²) in [4.78, 5) is 24.3. The Balaban J connectivity index is 3.43. The van der Waals surface area contributed by atoms with Crippen molar-refractivity contribution in [2.24, 2.45) is 0 Å². The van der Waals surface area contributed by atoms with Gasteiger partial charge in [-0.1, -0.05) is 239 Å². The highest BCUT2D eigenvalue weighted by atomic mass is 16.6. The third-order valence-electron chi connectivity index (χ3n) is 10.7. The van der Waals surface area contributed by atoms with Gasteiger partial charge in [0.15, 0.2) is 6.10 Å². The number of unbranched alkanes of at least 4 members (excludes halogenated alkanes) is 35. The monoisotopic (exact) mass is 723 g/mol. The molecule has 5 nitrogen and oxygen atoms in total. The number of esters is 2. The fourth-order valence-corrected chi connectivity index (χ4v) is 7.15. The number of ether oxygens (including phenoxy) is 2. The van der Waals surface area contributed by atoms with Crippen molar-refractivity contribution in [1.82, 2.24) is 0 Å². The molecule has 0 saturated heterocycles. The molecule has 0 bridgehead atoms. The van der Waals surface area contributed by atoms with Crippen molar-refractivity contribution in [3.8, 4) is 0 Å². The van der Waals surface area contributed by atoms with Crippen molar-refractivity contribution < 1.29 is 24.2 Å². The minimum absolute atomic E-state index is 0.0565. The molecule has 51 heavy (non-hydrogen) atoms. The van der Waals surface area contributed by atoms with E-state index in [4.69, 9.17) is 9.47 Å². The third-order valence-corrected chi connectivity index (χ3v) is 10.7. The van der Waals surface area contributed by atoms with E-state index in [0.717, 1.165) is 32.1 Å². The molecule has 0 aromatic carbocycles. The average Bonchev–Trinajstić information content (AvgIpc) is 3.13. The van der Waals surface area contributed by atoms with Gasteiger partial charge in [-0.25, -0.2) is 0 Å². The van der Waals surface area contributed by atoms with Gasteiger partial charge in [-0.2, -0.15) is 0 Å². The second kappa shape index (κ2) is 43.3. The molecular weight excluding hydrogens is 633 g/mol. The van der Waals surface area contributed by atoms with Crippen LogP contribution < -0.4 is 0 Å². The molecule has 0 amide bonds. The van der Waals surface area contributed by atoms with E-state index >= 15 is 0 Å². The predicted molar refractivity (Wildman–Crippen MR) is 219 cm³/mol. The lowest BCUT2D eigenvalue weighted by molar-refractivity contribution is -0.161. The zero-order chi connectivity index (χ0) is 37.1. The number of carbonyl (C=O) groups is 2. The maximum atomic E-state index is 12.2. The van der Waals surface area contributed by atoms with Crippen LogP contribution in [0.5, 0.6) is 0 Å². The Morgan fingerprint density at radius 3 is 0.863 bits per heavy atom. The van der Waals surface area contributed by atoms with Crippen LogP contribution in [0, 0.1) is 0 Å². The van der Waals surface area contributed by atoms with Crippen LogP contribution in [0.1, 0.15) is 264 Å². The van der Waals surface area contributed by atoms with Crippen LogP contribution in [-0.2, 0) is 19.1 Å². The van der Waals surface area contributed by atoms with Crippen LogP contribution in [0.25, 0.3) is 0 Å². The number of hydrogen-bond donors (Lipinski definition) is 1. The van der Waals surface area contributed by atoms with Crippen LogP contribution >= 0.6 is 0 Å². The zero-order valence-electron chi connectivity index (χ0n) is 34.6. The predicted octanol–water partition coefficient (Wildman–Crippen LogP) is 14.7. The standard InChI is InChI=1S/C46H90O5/c1-3-5-7-9-11-13-15-17-19-20-21-22-23-24-25-26-27-29-31-33-35-37-39-41-46(49)51-44(42-47)43-50-45(48)40-38-36-34-32-30-28-18-16-14-12-10-8-6-4-2/h44,47H,3-43H2,1-2H3. The van der Waals surface area contributed by atoms with Gasteiger partial charge in [-0.05, 0) is 12.8 Å². The molecule has 5 heteroatoms. The number of carbonyl (C=O) groups excluding carboxylic acids is 2. The van der Waals surface area contributed by atoms with Gasteiger partial charge in [0.25, 0.3) is 0 Å². The van der Waals surface area contributed by atoms with Crippen LogP contribution in [-0.4, -0.2) is 36.4 Å². The Morgan fingerprint density at radius 1 is 0.373 bits per heavy atom. The van der Waals surface area contributed by atoms with Gasteiger partial charge in [-0.3, -0.25) is 9.59 Å². The molecule has 0 heterocycles. The van der Waals surface area contributed by atoms with Gasteiger partial charge >= 0.3 is 11.9 Å². The fourth-order valence-electron chi connectivity index (χ4n) is 7.15. The van der Waals surface area contributed by atoms with E-state index in [2.05, 4.69) is 13.8 Å². The molecule has 304 valence electrons. The topological polar surface area (TPSA) is 72.8 Å². The van der Waals surface area contributed by atoms with Crippen LogP contribution in [0.3, 0.4) is 0 Å². The number of rotatable bonds is 43. The van der Waals surface area contributed by atoms with Crippen LogP contribution in [0.15, 0.2) is 0 Å². The van der Waals surface area contributed by atoms with E-state index in [1.807, 2.05) is 0 Å². The summed E-state index contributed by atoms with van der Waals surface area (Å²) in [5.74, 6) is -0.571. The Morgan fingerprint density at radius 2 is 0.608 bits per heavy atom. The van der Waals surface area contributed by atoms with Crippen molar-refractivity contribution in [1.29, 1.82) is 0 Å². The lowest BCUT2D eigenvalue weighted by Crippen LogP contribution is -2.28. The average molecular weight is 723 g/mol.